The SMILES string of the molecule is COc1ccc(-c2nc(C)c(C(=O)NCCCN3CCCCC3C)s2)c(OC)c1. The van der Waals surface area contributed by atoms with Crippen molar-refractivity contribution >= 4 is 17.2 Å². The Morgan fingerprint density at radius 1 is 1.31 bits per heavy atom. The Labute approximate surface area is 177 Å². The van der Waals surface area contributed by atoms with E-state index in [1.54, 1.807) is 14.2 Å². The van der Waals surface area contributed by atoms with Crippen LogP contribution in [0.2, 0.25) is 0 Å². The first-order valence-corrected chi connectivity index (χ1v) is 11.1. The summed E-state index contributed by atoms with van der Waals surface area (Å²) in [5.41, 5.74) is 1.60. The molecule has 1 N–H and O–H groups in total. The number of piperidine rings is 1. The van der Waals surface area contributed by atoms with Crippen LogP contribution in [-0.2, 0) is 0 Å². The fourth-order valence-electron chi connectivity index (χ4n) is 3.75. The molecule has 2 heterocycles. The van der Waals surface area contributed by atoms with Crippen molar-refractivity contribution in [2.24, 2.45) is 0 Å². The third-order valence-electron chi connectivity index (χ3n) is 5.49. The molecule has 1 aromatic carbocycles. The van der Waals surface area contributed by atoms with Crippen LogP contribution in [0.1, 0.15) is 48.0 Å². The lowest BCUT2D eigenvalue weighted by atomic mass is 10.0. The van der Waals surface area contributed by atoms with Crippen molar-refractivity contribution in [1.82, 2.24) is 15.2 Å². The van der Waals surface area contributed by atoms with E-state index in [0.717, 1.165) is 35.0 Å². The van der Waals surface area contributed by atoms with Crippen LogP contribution < -0.4 is 14.8 Å². The largest absolute Gasteiger partial charge is 0.497 e. The van der Waals surface area contributed by atoms with Crippen molar-refractivity contribution in [1.29, 1.82) is 0 Å². The van der Waals surface area contributed by atoms with Crippen molar-refractivity contribution in [3.8, 4) is 22.1 Å². The molecule has 0 radical (unpaired) electrons. The average Bonchev–Trinajstić information content (AvgIpc) is 3.13. The Balaban J connectivity index is 1.60. The van der Waals surface area contributed by atoms with Gasteiger partial charge in [0.05, 0.1) is 25.5 Å². The maximum Gasteiger partial charge on any atom is 0.263 e. The van der Waals surface area contributed by atoms with E-state index in [9.17, 15) is 4.79 Å². The molecule has 1 fully saturated rings. The van der Waals surface area contributed by atoms with E-state index in [0.29, 0.717) is 23.2 Å². The number of nitrogens with zero attached hydrogens (tertiary/aromatic N) is 2. The summed E-state index contributed by atoms with van der Waals surface area (Å²) in [6.07, 6.45) is 4.87. The molecular weight excluding hydrogens is 386 g/mol. The number of carbonyl (C=O) groups is 1. The number of aromatic nitrogens is 1. The number of amides is 1. The molecule has 158 valence electrons. The van der Waals surface area contributed by atoms with E-state index in [-0.39, 0.29) is 5.91 Å². The van der Waals surface area contributed by atoms with Crippen LogP contribution in [0.4, 0.5) is 0 Å². The van der Waals surface area contributed by atoms with E-state index >= 15 is 0 Å². The lowest BCUT2D eigenvalue weighted by Crippen LogP contribution is -2.39. The second-order valence-corrected chi connectivity index (χ2v) is 8.49. The Morgan fingerprint density at radius 2 is 2.14 bits per heavy atom. The van der Waals surface area contributed by atoms with Crippen LogP contribution in [0.15, 0.2) is 18.2 Å². The van der Waals surface area contributed by atoms with Gasteiger partial charge in [-0.3, -0.25) is 4.79 Å². The first-order valence-electron chi connectivity index (χ1n) is 10.3. The molecule has 1 aliphatic heterocycles. The molecule has 3 rings (SSSR count). The molecule has 1 aliphatic rings. The summed E-state index contributed by atoms with van der Waals surface area (Å²) >= 11 is 1.40. The zero-order valence-corrected chi connectivity index (χ0v) is 18.6. The summed E-state index contributed by atoms with van der Waals surface area (Å²) in [7, 11) is 3.24. The summed E-state index contributed by atoms with van der Waals surface area (Å²) in [5, 5.41) is 3.83. The molecule has 0 aliphatic carbocycles. The van der Waals surface area contributed by atoms with Gasteiger partial charge in [0.15, 0.2) is 0 Å². The summed E-state index contributed by atoms with van der Waals surface area (Å²) in [4.78, 5) is 20.5. The van der Waals surface area contributed by atoms with Gasteiger partial charge in [-0.2, -0.15) is 0 Å². The molecule has 1 unspecified atom stereocenters. The number of ether oxygens (including phenoxy) is 2. The third-order valence-corrected chi connectivity index (χ3v) is 6.68. The molecule has 1 atom stereocenters. The smallest absolute Gasteiger partial charge is 0.263 e. The van der Waals surface area contributed by atoms with Gasteiger partial charge in [-0.15, -0.1) is 11.3 Å². The van der Waals surface area contributed by atoms with Crippen LogP contribution in [0.5, 0.6) is 11.5 Å². The van der Waals surface area contributed by atoms with Gasteiger partial charge in [-0.1, -0.05) is 6.42 Å². The topological polar surface area (TPSA) is 63.7 Å². The highest BCUT2D eigenvalue weighted by atomic mass is 32.1. The summed E-state index contributed by atoms with van der Waals surface area (Å²) < 4.78 is 10.7. The number of benzene rings is 1. The Bertz CT molecular complexity index is 837. The standard InChI is InChI=1S/C22H31N3O3S/c1-15-8-5-6-12-25(15)13-7-11-23-21(26)20-16(2)24-22(29-20)18-10-9-17(27-3)14-19(18)28-4/h9-10,14-15H,5-8,11-13H2,1-4H3,(H,23,26). The number of carbonyl (C=O) groups excluding carboxylic acids is 1. The zero-order chi connectivity index (χ0) is 20.8. The minimum Gasteiger partial charge on any atom is -0.497 e. The lowest BCUT2D eigenvalue weighted by molar-refractivity contribution is 0.0952. The first-order chi connectivity index (χ1) is 14.0. The van der Waals surface area contributed by atoms with E-state index in [4.69, 9.17) is 9.47 Å². The summed E-state index contributed by atoms with van der Waals surface area (Å²) in [5.74, 6) is 1.35. The van der Waals surface area contributed by atoms with E-state index in [1.165, 1.54) is 37.1 Å². The van der Waals surface area contributed by atoms with Gasteiger partial charge >= 0.3 is 0 Å². The summed E-state index contributed by atoms with van der Waals surface area (Å²) in [6.45, 7) is 7.07. The highest BCUT2D eigenvalue weighted by Gasteiger charge is 2.20. The van der Waals surface area contributed by atoms with Gasteiger partial charge in [-0.25, -0.2) is 4.98 Å². The Hall–Kier alpha value is -2.12. The quantitative estimate of drug-likeness (QED) is 0.655. The number of methoxy groups -OCH3 is 2. The number of rotatable bonds is 8. The number of likely N-dealkylation sites (tertiary alicyclic amines) is 1. The van der Waals surface area contributed by atoms with Crippen molar-refractivity contribution in [3.05, 3.63) is 28.8 Å². The van der Waals surface area contributed by atoms with Gasteiger partial charge in [-0.05, 0) is 51.8 Å². The van der Waals surface area contributed by atoms with Gasteiger partial charge in [0.1, 0.15) is 21.4 Å². The average molecular weight is 418 g/mol. The minimum atomic E-state index is -0.0505. The molecule has 0 saturated carbocycles. The van der Waals surface area contributed by atoms with Crippen molar-refractivity contribution in [3.63, 3.8) is 0 Å². The normalized spacial score (nSPS) is 17.2. The maximum atomic E-state index is 12.7. The highest BCUT2D eigenvalue weighted by Crippen LogP contribution is 2.36. The fourth-order valence-corrected chi connectivity index (χ4v) is 4.76. The van der Waals surface area contributed by atoms with E-state index in [2.05, 4.69) is 22.1 Å². The first kappa shape index (κ1) is 21.6. The number of aryl methyl sites for hydroxylation is 1. The zero-order valence-electron chi connectivity index (χ0n) is 17.8. The fraction of sp³-hybridized carbons (Fsp3) is 0.545. The molecule has 0 bridgehead atoms. The van der Waals surface area contributed by atoms with E-state index < -0.39 is 0 Å². The van der Waals surface area contributed by atoms with Crippen LogP contribution in [0.25, 0.3) is 10.6 Å². The van der Waals surface area contributed by atoms with Gasteiger partial charge in [0.2, 0.25) is 0 Å². The predicted octanol–water partition coefficient (Wildman–Crippen LogP) is 4.13. The molecule has 2 aromatic rings. The Morgan fingerprint density at radius 3 is 2.86 bits per heavy atom. The van der Waals surface area contributed by atoms with Crippen LogP contribution >= 0.6 is 11.3 Å². The Kier molecular flexibility index (Phi) is 7.50. The van der Waals surface area contributed by atoms with Gasteiger partial charge in [0.25, 0.3) is 5.91 Å². The maximum absolute atomic E-state index is 12.7. The van der Waals surface area contributed by atoms with Crippen LogP contribution in [-0.4, -0.2) is 55.7 Å². The van der Waals surface area contributed by atoms with Crippen molar-refractivity contribution in [2.45, 2.75) is 45.6 Å². The molecule has 0 spiro atoms. The molecule has 1 saturated heterocycles. The monoisotopic (exact) mass is 417 g/mol. The van der Waals surface area contributed by atoms with Crippen molar-refractivity contribution < 1.29 is 14.3 Å². The van der Waals surface area contributed by atoms with Crippen LogP contribution in [0.3, 0.4) is 0 Å². The molecule has 7 heteroatoms. The van der Waals surface area contributed by atoms with Gasteiger partial charge < -0.3 is 19.7 Å². The number of hydrogen-bond donors (Lipinski definition) is 1. The second kappa shape index (κ2) is 10.1. The molecular formula is C22H31N3O3S. The summed E-state index contributed by atoms with van der Waals surface area (Å²) in [6, 6.07) is 6.27. The molecule has 29 heavy (non-hydrogen) atoms. The third kappa shape index (κ3) is 5.28. The van der Waals surface area contributed by atoms with Gasteiger partial charge in [0, 0.05) is 25.2 Å². The lowest BCUT2D eigenvalue weighted by Gasteiger charge is -2.33. The van der Waals surface area contributed by atoms with Crippen molar-refractivity contribution in [2.75, 3.05) is 33.9 Å². The second-order valence-electron chi connectivity index (χ2n) is 7.49. The van der Waals surface area contributed by atoms with E-state index in [1.807, 2.05) is 25.1 Å². The number of hydrogen-bond acceptors (Lipinski definition) is 6. The minimum absolute atomic E-state index is 0.0505. The predicted molar refractivity (Wildman–Crippen MR) is 117 cm³/mol. The van der Waals surface area contributed by atoms with Crippen LogP contribution in [0, 0.1) is 6.92 Å². The molecule has 6 nitrogen and oxygen atoms in total. The number of thiazole rings is 1. The molecule has 1 amide bonds. The number of nitrogens with one attached hydrogen (secondary N) is 1. The highest BCUT2D eigenvalue weighted by molar-refractivity contribution is 7.17. The molecule has 1 aromatic heterocycles.